The van der Waals surface area contributed by atoms with Crippen LogP contribution < -0.4 is 21.3 Å². The Labute approximate surface area is 398 Å². The van der Waals surface area contributed by atoms with Crippen molar-refractivity contribution in [2.75, 3.05) is 0 Å². The number of rotatable bonds is 4. The van der Waals surface area contributed by atoms with Gasteiger partial charge in [-0.15, -0.1) is 0 Å². The predicted molar refractivity (Wildman–Crippen MR) is 262 cm³/mol. The van der Waals surface area contributed by atoms with E-state index >= 15 is 0 Å². The zero-order valence-electron chi connectivity index (χ0n) is 36.3. The van der Waals surface area contributed by atoms with Gasteiger partial charge in [0.2, 0.25) is 0 Å². The summed E-state index contributed by atoms with van der Waals surface area (Å²) in [6.45, 7) is 0. The summed E-state index contributed by atoms with van der Waals surface area (Å²) in [6.07, 6.45) is 35.8. The van der Waals surface area contributed by atoms with Crippen molar-refractivity contribution in [1.82, 2.24) is 21.3 Å². The molecule has 4 fully saturated rings. The van der Waals surface area contributed by atoms with E-state index < -0.39 is 0 Å². The van der Waals surface area contributed by atoms with Gasteiger partial charge in [0.05, 0.1) is 12.1 Å². The molecule has 5 heteroatoms. The monoisotopic (exact) mass is 1030 g/mol. The Morgan fingerprint density at radius 3 is 1.18 bits per heavy atom. The first-order valence-electron chi connectivity index (χ1n) is 23.8. The van der Waals surface area contributed by atoms with Gasteiger partial charge in [-0.2, -0.15) is 0 Å². The molecule has 65 heavy (non-hydrogen) atoms. The SMILES string of the molecule is C1=CC2C3=C(c4ccccc4)C4NC(C(c5ccccc5)=C5NC(C(c6ccccc6)=C6NC(=C(c7ccccc7)C(N3)C2C=C1)[C@H]1C=CC=C[C@@H]61)[C@@H]1C=CC=C[C@H]51)[C@@H]1CCC=C[C@H]41.[Pt]. The van der Waals surface area contributed by atoms with E-state index in [1.807, 2.05) is 0 Å². The molecule has 0 amide bonds. The van der Waals surface area contributed by atoms with Crippen LogP contribution in [0.25, 0.3) is 22.3 Å². The average molecular weight is 1030 g/mol. The van der Waals surface area contributed by atoms with E-state index in [1.54, 1.807) is 0 Å². The zero-order chi connectivity index (χ0) is 42.1. The maximum Gasteiger partial charge on any atom is 0.0606 e. The molecule has 4 heterocycles. The molecule has 4 aliphatic heterocycles. The summed E-state index contributed by atoms with van der Waals surface area (Å²) < 4.78 is 0. The Morgan fingerprint density at radius 2 is 0.738 bits per heavy atom. The third-order valence-corrected chi connectivity index (χ3v) is 15.9. The molecule has 5 aliphatic carbocycles. The maximum absolute atomic E-state index is 4.54. The molecule has 0 saturated carbocycles. The molecule has 6 unspecified atom stereocenters. The van der Waals surface area contributed by atoms with E-state index in [0.717, 1.165) is 12.8 Å². The average Bonchev–Trinajstić information content (AvgIpc) is 4.14. The summed E-state index contributed by atoms with van der Waals surface area (Å²) in [4.78, 5) is 0. The molecule has 9 aliphatic rings. The van der Waals surface area contributed by atoms with Gasteiger partial charge >= 0.3 is 0 Å². The Balaban J connectivity index is 0.00000444. The number of hydrogen-bond acceptors (Lipinski definition) is 4. The van der Waals surface area contributed by atoms with Crippen LogP contribution in [0, 0.1) is 47.3 Å². The van der Waals surface area contributed by atoms with E-state index in [0.29, 0.717) is 11.8 Å². The second kappa shape index (κ2) is 16.8. The van der Waals surface area contributed by atoms with Gasteiger partial charge in [-0.1, -0.05) is 206 Å². The van der Waals surface area contributed by atoms with Crippen LogP contribution in [0.4, 0.5) is 0 Å². The first-order chi connectivity index (χ1) is 31.8. The number of benzene rings is 4. The number of allylic oxidation sites excluding steroid dienone is 11. The minimum absolute atomic E-state index is 0. The Bertz CT molecular complexity index is 2840. The van der Waals surface area contributed by atoms with Crippen molar-refractivity contribution >= 4 is 22.3 Å². The van der Waals surface area contributed by atoms with Gasteiger partial charge in [-0.05, 0) is 52.2 Å². The van der Waals surface area contributed by atoms with Gasteiger partial charge in [-0.25, -0.2) is 0 Å². The van der Waals surface area contributed by atoms with E-state index in [1.165, 1.54) is 67.3 Å². The maximum atomic E-state index is 4.54. The summed E-state index contributed by atoms with van der Waals surface area (Å²) in [7, 11) is 0. The molecule has 12 atom stereocenters. The molecular weight excluding hydrogens is 972 g/mol. The summed E-state index contributed by atoms with van der Waals surface area (Å²) in [5.41, 5.74) is 16.0. The van der Waals surface area contributed by atoms with Crippen LogP contribution in [0.5, 0.6) is 0 Å². The van der Waals surface area contributed by atoms with E-state index in [2.05, 4.69) is 228 Å². The smallest absolute Gasteiger partial charge is 0.0606 e. The number of nitrogens with one attached hydrogen (secondary N) is 4. The fourth-order valence-electron chi connectivity index (χ4n) is 13.3. The van der Waals surface area contributed by atoms with Crippen LogP contribution in [0.3, 0.4) is 0 Å². The zero-order valence-corrected chi connectivity index (χ0v) is 38.6. The van der Waals surface area contributed by atoms with Gasteiger partial charge < -0.3 is 21.3 Å². The Kier molecular flexibility index (Phi) is 10.5. The molecular formula is C60H54N4Pt. The van der Waals surface area contributed by atoms with Crippen LogP contribution in [-0.2, 0) is 21.1 Å². The molecule has 4 nitrogen and oxygen atoms in total. The second-order valence-corrected chi connectivity index (χ2v) is 19.1. The van der Waals surface area contributed by atoms with Crippen molar-refractivity contribution in [2.24, 2.45) is 47.3 Å². The molecule has 0 radical (unpaired) electrons. The normalized spacial score (nSPS) is 33.2. The van der Waals surface area contributed by atoms with Crippen LogP contribution in [-0.4, -0.2) is 24.2 Å². The summed E-state index contributed by atoms with van der Waals surface area (Å²) >= 11 is 0. The van der Waals surface area contributed by atoms with Crippen molar-refractivity contribution in [3.05, 3.63) is 251 Å². The van der Waals surface area contributed by atoms with E-state index in [4.69, 9.17) is 0 Å². The minimum Gasteiger partial charge on any atom is -0.380 e. The fraction of sp³-hybridized carbons (Fsp3) is 0.233. The molecule has 4 aromatic carbocycles. The minimum atomic E-state index is 0. The van der Waals surface area contributed by atoms with Gasteiger partial charge in [0.25, 0.3) is 0 Å². The summed E-state index contributed by atoms with van der Waals surface area (Å²) in [6, 6.07) is 45.5. The van der Waals surface area contributed by atoms with Gasteiger partial charge in [0.1, 0.15) is 0 Å². The van der Waals surface area contributed by atoms with Gasteiger partial charge in [-0.3, -0.25) is 0 Å². The van der Waals surface area contributed by atoms with Crippen molar-refractivity contribution in [3.63, 3.8) is 0 Å². The topological polar surface area (TPSA) is 48.1 Å². The predicted octanol–water partition coefficient (Wildman–Crippen LogP) is 11.2. The third kappa shape index (κ3) is 6.62. The molecule has 4 aromatic rings. The van der Waals surface area contributed by atoms with Crippen molar-refractivity contribution in [2.45, 2.75) is 37.0 Å². The van der Waals surface area contributed by atoms with Crippen molar-refractivity contribution in [1.29, 1.82) is 0 Å². The largest absolute Gasteiger partial charge is 0.380 e. The van der Waals surface area contributed by atoms with Crippen LogP contribution in [0.1, 0.15) is 35.1 Å². The van der Waals surface area contributed by atoms with Crippen LogP contribution in [0.2, 0.25) is 0 Å². The van der Waals surface area contributed by atoms with Crippen molar-refractivity contribution in [3.8, 4) is 0 Å². The molecule has 0 spiro atoms. The summed E-state index contributed by atoms with van der Waals surface area (Å²) in [5, 5.41) is 17.8. The third-order valence-electron chi connectivity index (χ3n) is 15.9. The molecule has 13 rings (SSSR count). The van der Waals surface area contributed by atoms with Crippen molar-refractivity contribution < 1.29 is 21.1 Å². The van der Waals surface area contributed by atoms with Crippen LogP contribution >= 0.6 is 0 Å². The molecule has 4 saturated heterocycles. The first-order valence-corrected chi connectivity index (χ1v) is 23.8. The molecule has 4 N–H and O–H groups in total. The van der Waals surface area contributed by atoms with E-state index in [-0.39, 0.29) is 80.7 Å². The standard InChI is InChI=1S/C60H54N4.Pt/c1-5-21-37(22-6-1)49-53-41-29-13-15-31-43(41)55(61-53)50(38-23-7-2-8-24-38)57-45-33-17-19-35-47(45)59(63-57)52(40-27-11-4-12-28-40)60-48-36-20-18-34-46(48)58(64-60)51(39-25-9-3-10-26-39)56-44-32-16-14-30-42(44)54(49)62-56;/h1-19,21-35,41-48,54,57-58,60-64H,20,36H2;/t41-,42?,43+,44?,45+,46-,47-,48+,54?,57?,58?,60?;/m0./s1. The van der Waals surface area contributed by atoms with E-state index in [9.17, 15) is 0 Å². The second-order valence-electron chi connectivity index (χ2n) is 19.1. The molecule has 0 aromatic heterocycles. The van der Waals surface area contributed by atoms with Crippen LogP contribution in [0.15, 0.2) is 229 Å². The quantitative estimate of drug-likeness (QED) is 0.154. The Hall–Kier alpha value is -5.93. The fourth-order valence-corrected chi connectivity index (χ4v) is 13.3. The molecule has 324 valence electrons. The first kappa shape index (κ1) is 40.6. The summed E-state index contributed by atoms with van der Waals surface area (Å²) in [5.74, 6) is 1.85. The Morgan fingerprint density at radius 1 is 0.354 bits per heavy atom. The number of hydrogen-bond donors (Lipinski definition) is 4. The van der Waals surface area contributed by atoms with Gasteiger partial charge in [0, 0.05) is 109 Å². The molecule has 8 bridgehead atoms. The van der Waals surface area contributed by atoms with Gasteiger partial charge in [0.15, 0.2) is 0 Å².